The Hall–Kier alpha value is -2.00. The highest BCUT2D eigenvalue weighted by molar-refractivity contribution is 5.75. The largest absolute Gasteiger partial charge is 0.465 e. The maximum atomic E-state index is 11.9. The van der Waals surface area contributed by atoms with Crippen LogP contribution in [0, 0.1) is 11.3 Å². The van der Waals surface area contributed by atoms with Crippen molar-refractivity contribution in [2.24, 2.45) is 16.4 Å². The minimum atomic E-state index is -0.522. The third kappa shape index (κ3) is 7.61. The fourth-order valence-corrected chi connectivity index (χ4v) is 2.33. The zero-order valence-corrected chi connectivity index (χ0v) is 16.4. The first-order valence-corrected chi connectivity index (χ1v) is 8.81. The Labute approximate surface area is 151 Å². The summed E-state index contributed by atoms with van der Waals surface area (Å²) < 4.78 is 5.40. The lowest BCUT2D eigenvalue weighted by Crippen LogP contribution is -2.26. The van der Waals surface area contributed by atoms with Crippen LogP contribution in [0.3, 0.4) is 0 Å². The van der Waals surface area contributed by atoms with Crippen molar-refractivity contribution in [1.82, 2.24) is 0 Å². The number of nitrogens with zero attached hydrogens (tertiary/aromatic N) is 3. The number of rotatable bonds is 7. The molecular formula is C20H31N3O2. The summed E-state index contributed by atoms with van der Waals surface area (Å²) in [7, 11) is 0. The normalized spacial score (nSPS) is 13.0. The Kier molecular flexibility index (Phi) is 7.50. The van der Waals surface area contributed by atoms with Gasteiger partial charge in [-0.25, -0.2) is 0 Å². The number of carbonyl (C=O) groups is 1. The van der Waals surface area contributed by atoms with Gasteiger partial charge in [-0.3, -0.25) is 4.79 Å². The zero-order valence-electron chi connectivity index (χ0n) is 16.4. The van der Waals surface area contributed by atoms with E-state index in [1.54, 1.807) is 0 Å². The molecule has 1 unspecified atom stereocenters. The van der Waals surface area contributed by atoms with Gasteiger partial charge in [0, 0.05) is 11.5 Å². The number of benzene rings is 1. The first kappa shape index (κ1) is 21.0. The van der Waals surface area contributed by atoms with E-state index in [0.29, 0.717) is 6.54 Å². The second-order valence-corrected chi connectivity index (χ2v) is 8.61. The minimum Gasteiger partial charge on any atom is -0.465 e. The highest BCUT2D eigenvalue weighted by Crippen LogP contribution is 2.23. The summed E-state index contributed by atoms with van der Waals surface area (Å²) in [5.41, 5.74) is 10.7. The molecule has 0 radical (unpaired) electrons. The summed E-state index contributed by atoms with van der Waals surface area (Å²) in [6.07, 6.45) is 1.68. The maximum absolute atomic E-state index is 11.9. The van der Waals surface area contributed by atoms with Gasteiger partial charge in [-0.1, -0.05) is 50.2 Å². The lowest BCUT2D eigenvalue weighted by Gasteiger charge is -2.21. The molecule has 0 fully saturated rings. The van der Waals surface area contributed by atoms with Crippen LogP contribution < -0.4 is 0 Å². The highest BCUT2D eigenvalue weighted by atomic mass is 16.5. The molecule has 0 aromatic heterocycles. The van der Waals surface area contributed by atoms with E-state index >= 15 is 0 Å². The van der Waals surface area contributed by atoms with E-state index < -0.39 is 5.41 Å². The molecule has 0 N–H and O–H groups in total. The van der Waals surface area contributed by atoms with Crippen molar-refractivity contribution in [1.29, 1.82) is 0 Å². The monoisotopic (exact) mass is 345 g/mol. The Bertz CT molecular complexity index is 603. The number of esters is 1. The average molecular weight is 345 g/mol. The molecule has 0 heterocycles. The molecule has 25 heavy (non-hydrogen) atoms. The van der Waals surface area contributed by atoms with Crippen LogP contribution in [0.4, 0.5) is 0 Å². The van der Waals surface area contributed by atoms with Gasteiger partial charge in [0.15, 0.2) is 0 Å². The molecule has 0 aliphatic rings. The molecule has 0 saturated heterocycles. The molecule has 1 rings (SSSR count). The first-order valence-electron chi connectivity index (χ1n) is 8.81. The van der Waals surface area contributed by atoms with Gasteiger partial charge in [-0.2, -0.15) is 0 Å². The molecule has 0 spiro atoms. The van der Waals surface area contributed by atoms with E-state index in [1.807, 2.05) is 20.8 Å². The fourth-order valence-electron chi connectivity index (χ4n) is 2.33. The molecule has 5 nitrogen and oxygen atoms in total. The Morgan fingerprint density at radius 3 is 2.24 bits per heavy atom. The van der Waals surface area contributed by atoms with Gasteiger partial charge < -0.3 is 4.74 Å². The molecule has 0 aliphatic carbocycles. The predicted octanol–water partition coefficient (Wildman–Crippen LogP) is 5.43. The van der Waals surface area contributed by atoms with Crippen molar-refractivity contribution in [2.45, 2.75) is 59.8 Å². The van der Waals surface area contributed by atoms with Crippen LogP contribution in [0.1, 0.15) is 59.1 Å². The summed E-state index contributed by atoms with van der Waals surface area (Å²) in [6, 6.07) is 8.62. The molecule has 1 aromatic rings. The van der Waals surface area contributed by atoms with Crippen LogP contribution >= 0.6 is 0 Å². The predicted molar refractivity (Wildman–Crippen MR) is 101 cm³/mol. The van der Waals surface area contributed by atoms with Gasteiger partial charge in [0.05, 0.1) is 12.0 Å². The van der Waals surface area contributed by atoms with E-state index in [-0.39, 0.29) is 23.9 Å². The molecule has 0 aliphatic heterocycles. The van der Waals surface area contributed by atoms with E-state index in [2.05, 4.69) is 55.1 Å². The van der Waals surface area contributed by atoms with Crippen LogP contribution in [0.25, 0.3) is 10.4 Å². The van der Waals surface area contributed by atoms with E-state index in [0.717, 1.165) is 12.8 Å². The summed E-state index contributed by atoms with van der Waals surface area (Å²) in [4.78, 5) is 14.8. The third-order valence-electron chi connectivity index (χ3n) is 4.13. The second-order valence-electron chi connectivity index (χ2n) is 8.61. The van der Waals surface area contributed by atoms with Gasteiger partial charge in [0.2, 0.25) is 0 Å². The van der Waals surface area contributed by atoms with Gasteiger partial charge in [0.1, 0.15) is 0 Å². The summed E-state index contributed by atoms with van der Waals surface area (Å²) in [6.45, 7) is 12.7. The first-order chi connectivity index (χ1) is 11.5. The van der Waals surface area contributed by atoms with Crippen LogP contribution in [0.15, 0.2) is 29.4 Å². The molecule has 0 bridgehead atoms. The van der Waals surface area contributed by atoms with Gasteiger partial charge in [0.25, 0.3) is 0 Å². The van der Waals surface area contributed by atoms with Crippen LogP contribution in [0.2, 0.25) is 0 Å². The number of ether oxygens (including phenoxy) is 1. The topological polar surface area (TPSA) is 75.1 Å². The molecule has 0 saturated carbocycles. The van der Waals surface area contributed by atoms with Crippen LogP contribution in [-0.2, 0) is 21.4 Å². The number of hydrogen-bond donors (Lipinski definition) is 0. The summed E-state index contributed by atoms with van der Waals surface area (Å²) in [5, 5.41) is 3.66. The smallest absolute Gasteiger partial charge is 0.311 e. The van der Waals surface area contributed by atoms with E-state index in [1.165, 1.54) is 11.1 Å². The molecule has 1 aromatic carbocycles. The zero-order chi connectivity index (χ0) is 19.1. The highest BCUT2D eigenvalue weighted by Gasteiger charge is 2.24. The summed E-state index contributed by atoms with van der Waals surface area (Å²) in [5.74, 6) is -0.197. The Balaban J connectivity index is 2.63. The van der Waals surface area contributed by atoms with E-state index in [9.17, 15) is 4.79 Å². The maximum Gasteiger partial charge on any atom is 0.311 e. The Morgan fingerprint density at radius 1 is 1.16 bits per heavy atom. The Morgan fingerprint density at radius 2 is 1.76 bits per heavy atom. The average Bonchev–Trinajstić information content (AvgIpc) is 2.52. The number of azide groups is 1. The van der Waals surface area contributed by atoms with Gasteiger partial charge >= 0.3 is 5.97 Å². The number of carbonyl (C=O) groups excluding carboxylic acids is 1. The SMILES string of the molecule is CC(C)(C)C(=O)OCC(CCc1ccc(C(C)(C)C)cc1)CN=[N+]=[N-]. The van der Waals surface area contributed by atoms with Crippen LogP contribution in [0.5, 0.6) is 0 Å². The number of aryl methyl sites for hydroxylation is 1. The van der Waals surface area contributed by atoms with Crippen LogP contribution in [-0.4, -0.2) is 19.1 Å². The standard InChI is InChI=1S/C20H31N3O2/c1-19(2,3)17-11-9-15(10-12-17)7-8-16(13-22-23-21)14-25-18(24)20(4,5)6/h9-12,16H,7-8,13-14H2,1-6H3. The number of hydrogen-bond acceptors (Lipinski definition) is 3. The minimum absolute atomic E-state index is 0.0319. The molecular weight excluding hydrogens is 314 g/mol. The van der Waals surface area contributed by atoms with Gasteiger partial charge in [-0.05, 0) is 61.6 Å². The van der Waals surface area contributed by atoms with Crippen molar-refractivity contribution in [3.05, 3.63) is 45.8 Å². The lowest BCUT2D eigenvalue weighted by molar-refractivity contribution is -0.154. The van der Waals surface area contributed by atoms with Crippen molar-refractivity contribution in [2.75, 3.05) is 13.2 Å². The van der Waals surface area contributed by atoms with Crippen molar-refractivity contribution >= 4 is 5.97 Å². The fraction of sp³-hybridized carbons (Fsp3) is 0.650. The quantitative estimate of drug-likeness (QED) is 0.286. The molecule has 1 atom stereocenters. The van der Waals surface area contributed by atoms with E-state index in [4.69, 9.17) is 10.3 Å². The van der Waals surface area contributed by atoms with Crippen molar-refractivity contribution in [3.63, 3.8) is 0 Å². The molecule has 138 valence electrons. The van der Waals surface area contributed by atoms with Crippen molar-refractivity contribution < 1.29 is 9.53 Å². The van der Waals surface area contributed by atoms with Crippen molar-refractivity contribution in [3.8, 4) is 0 Å². The third-order valence-corrected chi connectivity index (χ3v) is 4.13. The molecule has 0 amide bonds. The summed E-state index contributed by atoms with van der Waals surface area (Å²) >= 11 is 0. The van der Waals surface area contributed by atoms with Gasteiger partial charge in [-0.15, -0.1) is 0 Å². The molecule has 5 heteroatoms. The second kappa shape index (κ2) is 8.91. The lowest BCUT2D eigenvalue weighted by atomic mass is 9.86.